The van der Waals surface area contributed by atoms with Crippen LogP contribution in [0, 0.1) is 0 Å². The number of nitrogens with one attached hydrogen (secondary N) is 1. The number of rotatable bonds is 6. The van der Waals surface area contributed by atoms with Crippen LogP contribution in [0.15, 0.2) is 18.2 Å². The fraction of sp³-hybridized carbons (Fsp3) is 0.417. The maximum Gasteiger partial charge on any atom is 0.411 e. The highest BCUT2D eigenvalue weighted by Crippen LogP contribution is 2.29. The van der Waals surface area contributed by atoms with Crippen LogP contribution in [0.4, 0.5) is 13.2 Å². The lowest BCUT2D eigenvalue weighted by atomic mass is 10.1. The van der Waals surface area contributed by atoms with Crippen LogP contribution in [-0.4, -0.2) is 44.1 Å². The first-order valence-corrected chi connectivity index (χ1v) is 5.64. The number of amides is 1. The summed E-state index contributed by atoms with van der Waals surface area (Å²) in [6.45, 7) is -1.76. The van der Waals surface area contributed by atoms with Crippen LogP contribution in [0.3, 0.4) is 0 Å². The summed E-state index contributed by atoms with van der Waals surface area (Å²) < 4.78 is 44.5. The number of aromatic hydroxyl groups is 1. The van der Waals surface area contributed by atoms with Gasteiger partial charge in [0, 0.05) is 6.54 Å². The van der Waals surface area contributed by atoms with Gasteiger partial charge in [0.1, 0.15) is 6.61 Å². The molecule has 1 aromatic rings. The van der Waals surface area contributed by atoms with Gasteiger partial charge in [-0.25, -0.2) is 0 Å². The van der Waals surface area contributed by atoms with Gasteiger partial charge in [-0.2, -0.15) is 13.2 Å². The van der Waals surface area contributed by atoms with Crippen LogP contribution in [0.2, 0.25) is 0 Å². The van der Waals surface area contributed by atoms with Crippen molar-refractivity contribution in [3.05, 3.63) is 23.8 Å². The van der Waals surface area contributed by atoms with E-state index in [-0.39, 0.29) is 30.2 Å². The SMILES string of the molecule is COc1cccc(C(=O)NCCOCC(F)(F)F)c1O. The van der Waals surface area contributed by atoms with Gasteiger partial charge < -0.3 is 19.9 Å². The Morgan fingerprint density at radius 1 is 1.40 bits per heavy atom. The lowest BCUT2D eigenvalue weighted by Gasteiger charge is -2.10. The Balaban J connectivity index is 2.44. The summed E-state index contributed by atoms with van der Waals surface area (Å²) in [5.41, 5.74) is -0.0276. The summed E-state index contributed by atoms with van der Waals surface area (Å²) >= 11 is 0. The molecule has 20 heavy (non-hydrogen) atoms. The molecule has 0 spiro atoms. The number of para-hydroxylation sites is 1. The van der Waals surface area contributed by atoms with Gasteiger partial charge in [0.25, 0.3) is 5.91 Å². The molecule has 0 aliphatic rings. The molecule has 0 aromatic heterocycles. The largest absolute Gasteiger partial charge is 0.504 e. The molecule has 0 aliphatic heterocycles. The first-order valence-electron chi connectivity index (χ1n) is 5.64. The third kappa shape index (κ3) is 4.96. The molecule has 0 saturated carbocycles. The topological polar surface area (TPSA) is 67.8 Å². The van der Waals surface area contributed by atoms with E-state index in [2.05, 4.69) is 10.1 Å². The molecule has 2 N–H and O–H groups in total. The first kappa shape index (κ1) is 16.1. The quantitative estimate of drug-likeness (QED) is 0.784. The Bertz CT molecular complexity index is 463. The van der Waals surface area contributed by atoms with E-state index in [9.17, 15) is 23.1 Å². The van der Waals surface area contributed by atoms with Crippen LogP contribution in [0.25, 0.3) is 0 Å². The molecule has 1 aromatic carbocycles. The van der Waals surface area contributed by atoms with Crippen molar-refractivity contribution in [2.75, 3.05) is 26.9 Å². The zero-order chi connectivity index (χ0) is 15.2. The number of alkyl halides is 3. The van der Waals surface area contributed by atoms with Gasteiger partial charge in [0.2, 0.25) is 0 Å². The number of halogens is 3. The van der Waals surface area contributed by atoms with Gasteiger partial charge in [-0.15, -0.1) is 0 Å². The highest BCUT2D eigenvalue weighted by molar-refractivity contribution is 5.97. The number of phenolic OH excluding ortho intramolecular Hbond substituents is 1. The zero-order valence-corrected chi connectivity index (χ0v) is 10.7. The van der Waals surface area contributed by atoms with Crippen molar-refractivity contribution in [3.63, 3.8) is 0 Å². The Morgan fingerprint density at radius 3 is 2.70 bits per heavy atom. The fourth-order valence-electron chi connectivity index (χ4n) is 1.39. The van der Waals surface area contributed by atoms with Crippen LogP contribution in [0.1, 0.15) is 10.4 Å². The summed E-state index contributed by atoms with van der Waals surface area (Å²) in [7, 11) is 1.34. The average molecular weight is 293 g/mol. The van der Waals surface area contributed by atoms with Crippen molar-refractivity contribution in [2.24, 2.45) is 0 Å². The van der Waals surface area contributed by atoms with Crippen molar-refractivity contribution < 1.29 is 32.5 Å². The third-order valence-corrected chi connectivity index (χ3v) is 2.26. The van der Waals surface area contributed by atoms with E-state index in [1.165, 1.54) is 25.3 Å². The number of hydrogen-bond donors (Lipinski definition) is 2. The molecule has 0 atom stereocenters. The van der Waals surface area contributed by atoms with E-state index < -0.39 is 18.7 Å². The number of carbonyl (C=O) groups is 1. The number of hydrogen-bond acceptors (Lipinski definition) is 4. The van der Waals surface area contributed by atoms with Crippen LogP contribution < -0.4 is 10.1 Å². The Labute approximate surface area is 113 Å². The zero-order valence-electron chi connectivity index (χ0n) is 10.7. The minimum atomic E-state index is -4.39. The van der Waals surface area contributed by atoms with E-state index in [0.717, 1.165) is 0 Å². The normalized spacial score (nSPS) is 11.2. The number of benzene rings is 1. The molecular weight excluding hydrogens is 279 g/mol. The molecule has 0 aliphatic carbocycles. The maximum absolute atomic E-state index is 11.8. The van der Waals surface area contributed by atoms with Crippen LogP contribution in [0.5, 0.6) is 11.5 Å². The minimum absolute atomic E-state index is 0.0276. The van der Waals surface area contributed by atoms with Gasteiger partial charge in [-0.1, -0.05) is 6.07 Å². The van der Waals surface area contributed by atoms with Gasteiger partial charge in [-0.05, 0) is 12.1 Å². The number of methoxy groups -OCH3 is 1. The number of carbonyl (C=O) groups excluding carboxylic acids is 1. The molecule has 1 rings (SSSR count). The first-order chi connectivity index (χ1) is 9.35. The second-order valence-electron chi connectivity index (χ2n) is 3.78. The summed E-state index contributed by atoms with van der Waals surface area (Å²) in [4.78, 5) is 11.7. The Hall–Kier alpha value is -1.96. The van der Waals surface area contributed by atoms with E-state index in [0.29, 0.717) is 0 Å². The van der Waals surface area contributed by atoms with E-state index in [1.807, 2.05) is 0 Å². The van der Waals surface area contributed by atoms with Crippen molar-refractivity contribution in [1.82, 2.24) is 5.32 Å². The summed E-state index contributed by atoms with van der Waals surface area (Å²) in [5, 5.41) is 12.0. The maximum atomic E-state index is 11.8. The molecule has 0 radical (unpaired) electrons. The predicted octanol–water partition coefficient (Wildman–Crippen LogP) is 1.71. The second-order valence-corrected chi connectivity index (χ2v) is 3.78. The van der Waals surface area contributed by atoms with Gasteiger partial charge in [0.05, 0.1) is 19.3 Å². The molecule has 0 saturated heterocycles. The summed E-state index contributed by atoms with van der Waals surface area (Å²) in [5.74, 6) is -0.827. The molecular formula is C12H14F3NO4. The van der Waals surface area contributed by atoms with Crippen molar-refractivity contribution >= 4 is 5.91 Å². The molecule has 0 heterocycles. The van der Waals surface area contributed by atoms with E-state index in [1.54, 1.807) is 0 Å². The minimum Gasteiger partial charge on any atom is -0.504 e. The van der Waals surface area contributed by atoms with E-state index in [4.69, 9.17) is 4.74 Å². The van der Waals surface area contributed by atoms with Crippen LogP contribution >= 0.6 is 0 Å². The summed E-state index contributed by atoms with van der Waals surface area (Å²) in [6.07, 6.45) is -4.39. The highest BCUT2D eigenvalue weighted by atomic mass is 19.4. The average Bonchev–Trinajstić information content (AvgIpc) is 2.37. The molecule has 0 fully saturated rings. The lowest BCUT2D eigenvalue weighted by Crippen LogP contribution is -2.29. The molecule has 112 valence electrons. The highest BCUT2D eigenvalue weighted by Gasteiger charge is 2.27. The van der Waals surface area contributed by atoms with Crippen molar-refractivity contribution in [3.8, 4) is 11.5 Å². The van der Waals surface area contributed by atoms with Gasteiger partial charge in [-0.3, -0.25) is 4.79 Å². The standard InChI is InChI=1S/C12H14F3NO4/c1-19-9-4-2-3-8(10(9)17)11(18)16-5-6-20-7-12(13,14)15/h2-4,17H,5-7H2,1H3,(H,16,18). The number of ether oxygens (including phenoxy) is 2. The Kier molecular flexibility index (Phi) is 5.63. The third-order valence-electron chi connectivity index (χ3n) is 2.26. The fourth-order valence-corrected chi connectivity index (χ4v) is 1.39. The van der Waals surface area contributed by atoms with Gasteiger partial charge in [0.15, 0.2) is 11.5 Å². The summed E-state index contributed by atoms with van der Waals surface area (Å²) in [6, 6.07) is 4.34. The Morgan fingerprint density at radius 2 is 2.10 bits per heavy atom. The molecule has 5 nitrogen and oxygen atoms in total. The van der Waals surface area contributed by atoms with Gasteiger partial charge >= 0.3 is 6.18 Å². The smallest absolute Gasteiger partial charge is 0.411 e. The molecule has 1 amide bonds. The monoisotopic (exact) mass is 293 g/mol. The van der Waals surface area contributed by atoms with Crippen LogP contribution in [-0.2, 0) is 4.74 Å². The lowest BCUT2D eigenvalue weighted by molar-refractivity contribution is -0.173. The second kappa shape index (κ2) is 6.99. The van der Waals surface area contributed by atoms with Crippen molar-refractivity contribution in [2.45, 2.75) is 6.18 Å². The predicted molar refractivity (Wildman–Crippen MR) is 63.9 cm³/mol. The number of phenols is 1. The molecule has 0 bridgehead atoms. The molecule has 8 heteroatoms. The van der Waals surface area contributed by atoms with E-state index >= 15 is 0 Å². The van der Waals surface area contributed by atoms with Crippen molar-refractivity contribution in [1.29, 1.82) is 0 Å². The molecule has 0 unspecified atom stereocenters.